The molecule has 1 saturated carbocycles. The predicted octanol–water partition coefficient (Wildman–Crippen LogP) is 3.53. The predicted molar refractivity (Wildman–Crippen MR) is 121 cm³/mol. The van der Waals surface area contributed by atoms with Gasteiger partial charge in [-0.2, -0.15) is 0 Å². The molecule has 28 heavy (non-hydrogen) atoms. The van der Waals surface area contributed by atoms with Crippen molar-refractivity contribution in [3.8, 4) is 11.5 Å². The van der Waals surface area contributed by atoms with Crippen LogP contribution in [0.4, 0.5) is 0 Å². The molecule has 1 aromatic carbocycles. The Kier molecular flexibility index (Phi) is 7.31. The molecule has 0 atom stereocenters. The summed E-state index contributed by atoms with van der Waals surface area (Å²) in [6, 6.07) is 6.35. The molecule has 0 spiro atoms. The van der Waals surface area contributed by atoms with E-state index in [0.717, 1.165) is 63.1 Å². The molecular formula is C21H32IN3O3. The molecule has 3 aliphatic rings. The molecule has 6 nitrogen and oxygen atoms in total. The van der Waals surface area contributed by atoms with E-state index >= 15 is 0 Å². The zero-order valence-electron chi connectivity index (χ0n) is 16.9. The molecule has 0 bridgehead atoms. The van der Waals surface area contributed by atoms with Gasteiger partial charge in [0.25, 0.3) is 0 Å². The van der Waals surface area contributed by atoms with Crippen molar-refractivity contribution in [1.29, 1.82) is 0 Å². The summed E-state index contributed by atoms with van der Waals surface area (Å²) < 4.78 is 16.8. The van der Waals surface area contributed by atoms with Crippen molar-refractivity contribution in [2.24, 2.45) is 4.99 Å². The maximum atomic E-state index is 5.78. The largest absolute Gasteiger partial charge is 0.454 e. The number of aliphatic imine (C=N–C) groups is 1. The van der Waals surface area contributed by atoms with Gasteiger partial charge < -0.3 is 24.4 Å². The fraction of sp³-hybridized carbons (Fsp3) is 0.667. The summed E-state index contributed by atoms with van der Waals surface area (Å²) in [5, 5.41) is 3.48. The Morgan fingerprint density at radius 1 is 1.21 bits per heavy atom. The summed E-state index contributed by atoms with van der Waals surface area (Å²) in [6.45, 7) is 9.06. The zero-order chi connectivity index (χ0) is 18.7. The first-order valence-corrected chi connectivity index (χ1v) is 10.3. The fourth-order valence-corrected chi connectivity index (χ4v) is 4.04. The van der Waals surface area contributed by atoms with Crippen LogP contribution in [0.1, 0.15) is 45.1 Å². The van der Waals surface area contributed by atoms with E-state index in [1.54, 1.807) is 0 Å². The lowest BCUT2D eigenvalue weighted by molar-refractivity contribution is 0.0263. The summed E-state index contributed by atoms with van der Waals surface area (Å²) in [7, 11) is 0. The van der Waals surface area contributed by atoms with Gasteiger partial charge in [-0.05, 0) is 57.2 Å². The lowest BCUT2D eigenvalue weighted by Gasteiger charge is -2.34. The number of hydrogen-bond acceptors (Lipinski definition) is 4. The molecule has 7 heteroatoms. The van der Waals surface area contributed by atoms with Crippen LogP contribution >= 0.6 is 24.0 Å². The SMILES string of the molecule is CCNC(=NCC1(c2ccc3c(c2)OCO3)CC1)N1CCC(OCC)CC1.I. The van der Waals surface area contributed by atoms with E-state index in [9.17, 15) is 0 Å². The minimum Gasteiger partial charge on any atom is -0.454 e. The van der Waals surface area contributed by atoms with E-state index in [0.29, 0.717) is 12.9 Å². The standard InChI is InChI=1S/C21H31N3O3.HI/c1-3-22-20(24-11-7-17(8-12-24)25-4-2)23-14-21(9-10-21)16-5-6-18-19(13-16)27-15-26-18;/h5-6,13,17H,3-4,7-12,14-15H2,1-2H3,(H,22,23);1H. The smallest absolute Gasteiger partial charge is 0.231 e. The first-order chi connectivity index (χ1) is 13.2. The van der Waals surface area contributed by atoms with Crippen LogP contribution in [0.2, 0.25) is 0 Å². The molecule has 2 aliphatic heterocycles. The first kappa shape index (κ1) is 21.5. The van der Waals surface area contributed by atoms with Gasteiger partial charge in [-0.25, -0.2) is 0 Å². The third kappa shape index (κ3) is 4.67. The van der Waals surface area contributed by atoms with Crippen molar-refractivity contribution in [3.63, 3.8) is 0 Å². The normalized spacial score (nSPS) is 20.6. The van der Waals surface area contributed by atoms with Crippen LogP contribution in [-0.4, -0.2) is 56.5 Å². The highest BCUT2D eigenvalue weighted by Gasteiger charge is 2.45. The molecule has 1 N–H and O–H groups in total. The second-order valence-electron chi connectivity index (χ2n) is 7.66. The van der Waals surface area contributed by atoms with Gasteiger partial charge in [0.2, 0.25) is 6.79 Å². The summed E-state index contributed by atoms with van der Waals surface area (Å²) >= 11 is 0. The molecule has 0 amide bonds. The summed E-state index contributed by atoms with van der Waals surface area (Å²) in [6.07, 6.45) is 4.92. The fourth-order valence-electron chi connectivity index (χ4n) is 4.04. The van der Waals surface area contributed by atoms with Crippen molar-refractivity contribution in [2.45, 2.75) is 51.0 Å². The first-order valence-electron chi connectivity index (χ1n) is 10.3. The Hall–Kier alpha value is -1.22. The molecule has 2 fully saturated rings. The number of rotatable bonds is 6. The molecule has 2 heterocycles. The Labute approximate surface area is 185 Å². The number of ether oxygens (including phenoxy) is 3. The topological polar surface area (TPSA) is 55.3 Å². The van der Waals surface area contributed by atoms with Gasteiger partial charge >= 0.3 is 0 Å². The van der Waals surface area contributed by atoms with Crippen LogP contribution in [-0.2, 0) is 10.2 Å². The summed E-state index contributed by atoms with van der Waals surface area (Å²) in [5.74, 6) is 2.76. The Morgan fingerprint density at radius 2 is 1.96 bits per heavy atom. The van der Waals surface area contributed by atoms with Crippen LogP contribution in [0.25, 0.3) is 0 Å². The van der Waals surface area contributed by atoms with Crippen molar-refractivity contribution >= 4 is 29.9 Å². The number of guanidine groups is 1. The molecular weight excluding hydrogens is 469 g/mol. The van der Waals surface area contributed by atoms with Crippen molar-refractivity contribution in [3.05, 3.63) is 23.8 Å². The number of hydrogen-bond donors (Lipinski definition) is 1. The maximum Gasteiger partial charge on any atom is 0.231 e. The molecule has 0 radical (unpaired) electrons. The molecule has 0 aromatic heterocycles. The van der Waals surface area contributed by atoms with E-state index in [-0.39, 0.29) is 29.4 Å². The van der Waals surface area contributed by atoms with Crippen LogP contribution in [0.3, 0.4) is 0 Å². The van der Waals surface area contributed by atoms with E-state index in [4.69, 9.17) is 19.2 Å². The van der Waals surface area contributed by atoms with Crippen molar-refractivity contribution < 1.29 is 14.2 Å². The van der Waals surface area contributed by atoms with Gasteiger partial charge in [-0.15, -0.1) is 24.0 Å². The second-order valence-corrected chi connectivity index (χ2v) is 7.66. The highest BCUT2D eigenvalue weighted by atomic mass is 127. The lowest BCUT2D eigenvalue weighted by Crippen LogP contribution is -2.47. The third-order valence-corrected chi connectivity index (χ3v) is 5.85. The minimum absolute atomic E-state index is 0. The Bertz CT molecular complexity index is 685. The minimum atomic E-state index is 0. The number of nitrogens with zero attached hydrogens (tertiary/aromatic N) is 2. The number of likely N-dealkylation sites (tertiary alicyclic amines) is 1. The van der Waals surface area contributed by atoms with Crippen LogP contribution in [0.5, 0.6) is 11.5 Å². The highest BCUT2D eigenvalue weighted by Crippen LogP contribution is 2.50. The summed E-state index contributed by atoms with van der Waals surface area (Å²) in [5.41, 5.74) is 1.48. The lowest BCUT2D eigenvalue weighted by atomic mass is 9.95. The number of piperidine rings is 1. The van der Waals surface area contributed by atoms with Gasteiger partial charge in [0.15, 0.2) is 17.5 Å². The second kappa shape index (κ2) is 9.52. The van der Waals surface area contributed by atoms with E-state index < -0.39 is 0 Å². The molecule has 4 rings (SSSR count). The van der Waals surface area contributed by atoms with Gasteiger partial charge in [-0.3, -0.25) is 4.99 Å². The average Bonchev–Trinajstić information content (AvgIpc) is 3.34. The zero-order valence-corrected chi connectivity index (χ0v) is 19.2. The quantitative estimate of drug-likeness (QED) is 0.367. The van der Waals surface area contributed by atoms with Crippen LogP contribution in [0, 0.1) is 0 Å². The Morgan fingerprint density at radius 3 is 2.64 bits per heavy atom. The van der Waals surface area contributed by atoms with Crippen LogP contribution in [0.15, 0.2) is 23.2 Å². The number of nitrogens with one attached hydrogen (secondary N) is 1. The highest BCUT2D eigenvalue weighted by molar-refractivity contribution is 14.0. The van der Waals surface area contributed by atoms with Gasteiger partial charge in [0, 0.05) is 31.7 Å². The van der Waals surface area contributed by atoms with Gasteiger partial charge in [-0.1, -0.05) is 6.07 Å². The third-order valence-electron chi connectivity index (χ3n) is 5.85. The molecule has 1 aliphatic carbocycles. The van der Waals surface area contributed by atoms with Crippen molar-refractivity contribution in [1.82, 2.24) is 10.2 Å². The maximum absolute atomic E-state index is 5.78. The van der Waals surface area contributed by atoms with Crippen LogP contribution < -0.4 is 14.8 Å². The monoisotopic (exact) mass is 501 g/mol. The number of halogens is 1. The van der Waals surface area contributed by atoms with Gasteiger partial charge in [0.1, 0.15) is 0 Å². The number of benzene rings is 1. The molecule has 1 saturated heterocycles. The molecule has 156 valence electrons. The average molecular weight is 501 g/mol. The van der Waals surface area contributed by atoms with Gasteiger partial charge in [0.05, 0.1) is 12.6 Å². The van der Waals surface area contributed by atoms with Crippen molar-refractivity contribution in [2.75, 3.05) is 39.6 Å². The molecule has 0 unspecified atom stereocenters. The summed E-state index contributed by atoms with van der Waals surface area (Å²) in [4.78, 5) is 7.41. The van der Waals surface area contributed by atoms with E-state index in [1.807, 2.05) is 6.07 Å². The van der Waals surface area contributed by atoms with E-state index in [1.165, 1.54) is 18.4 Å². The molecule has 1 aromatic rings. The Balaban J connectivity index is 0.00000225. The number of fused-ring (bicyclic) bond motifs is 1. The van der Waals surface area contributed by atoms with E-state index in [2.05, 4.69) is 36.2 Å².